The van der Waals surface area contributed by atoms with Crippen LogP contribution >= 0.6 is 0 Å². The normalized spacial score (nSPS) is 10.0. The fourth-order valence-electron chi connectivity index (χ4n) is 1.46. The maximum atomic E-state index is 11.3. The lowest BCUT2D eigenvalue weighted by atomic mass is 10.1. The Morgan fingerprint density at radius 1 is 0.789 bits per heavy atom. The van der Waals surface area contributed by atoms with Crippen LogP contribution in [0.1, 0.15) is 65.2 Å². The van der Waals surface area contributed by atoms with Crippen LogP contribution in [0.25, 0.3) is 0 Å². The molecule has 0 amide bonds. The van der Waals surface area contributed by atoms with Crippen LogP contribution in [0.5, 0.6) is 0 Å². The number of hydrogen-bond acceptors (Lipinski definition) is 5. The molecule has 0 spiro atoms. The van der Waals surface area contributed by atoms with Gasteiger partial charge in [-0.25, -0.2) is 4.79 Å². The molecule has 0 atom stereocenters. The number of esters is 2. The molecular formula is C14H22O5. The Morgan fingerprint density at radius 3 is 2.00 bits per heavy atom. The minimum Gasteiger partial charge on any atom is -0.387 e. The van der Waals surface area contributed by atoms with Crippen LogP contribution in [-0.4, -0.2) is 23.5 Å². The minimum absolute atomic E-state index is 0.0229. The number of hydrogen-bond donors (Lipinski definition) is 0. The third-order valence-electron chi connectivity index (χ3n) is 2.64. The molecule has 0 aromatic carbocycles. The third-order valence-corrected chi connectivity index (χ3v) is 2.64. The van der Waals surface area contributed by atoms with E-state index in [9.17, 15) is 19.2 Å². The highest BCUT2D eigenvalue weighted by Gasteiger charge is 2.25. The predicted octanol–water partition coefficient (Wildman–Crippen LogP) is 2.36. The Balaban J connectivity index is 3.97. The second kappa shape index (κ2) is 10.4. The number of ether oxygens (including phenoxy) is 1. The van der Waals surface area contributed by atoms with E-state index in [0.717, 1.165) is 25.7 Å². The van der Waals surface area contributed by atoms with Crippen molar-refractivity contribution in [3.05, 3.63) is 0 Å². The smallest absolute Gasteiger partial charge is 0.387 e. The third kappa shape index (κ3) is 8.24. The van der Waals surface area contributed by atoms with Gasteiger partial charge in [-0.15, -0.1) is 0 Å². The molecule has 0 saturated carbocycles. The van der Waals surface area contributed by atoms with Crippen molar-refractivity contribution in [3.8, 4) is 0 Å². The molecular weight excluding hydrogens is 248 g/mol. The van der Waals surface area contributed by atoms with Crippen molar-refractivity contribution < 1.29 is 23.9 Å². The van der Waals surface area contributed by atoms with E-state index < -0.39 is 23.5 Å². The summed E-state index contributed by atoms with van der Waals surface area (Å²) < 4.78 is 4.35. The Hall–Kier alpha value is -1.52. The average Bonchev–Trinajstić information content (AvgIpc) is 2.39. The van der Waals surface area contributed by atoms with Crippen molar-refractivity contribution in [3.63, 3.8) is 0 Å². The zero-order valence-electron chi connectivity index (χ0n) is 11.7. The second-order valence-electron chi connectivity index (χ2n) is 4.43. The molecule has 0 heterocycles. The monoisotopic (exact) mass is 270 g/mol. The molecule has 0 unspecified atom stereocenters. The maximum absolute atomic E-state index is 11.3. The summed E-state index contributed by atoms with van der Waals surface area (Å²) in [6.45, 7) is 3.92. The highest BCUT2D eigenvalue weighted by molar-refractivity contribution is 6.62. The van der Waals surface area contributed by atoms with E-state index >= 15 is 0 Å². The Labute approximate surface area is 113 Å². The molecule has 19 heavy (non-hydrogen) atoms. The summed E-state index contributed by atoms with van der Waals surface area (Å²) in [5, 5.41) is 0. The molecule has 0 aliphatic rings. The van der Waals surface area contributed by atoms with E-state index in [0.29, 0.717) is 12.8 Å². The highest BCUT2D eigenvalue weighted by atomic mass is 16.6. The van der Waals surface area contributed by atoms with Crippen LogP contribution in [0, 0.1) is 0 Å². The topological polar surface area (TPSA) is 77.5 Å². The molecule has 0 aromatic rings. The SMILES string of the molecule is CCCCCCC(=O)OC(=O)C(=O)C(=O)CCCC. The summed E-state index contributed by atoms with van der Waals surface area (Å²) >= 11 is 0. The molecule has 0 N–H and O–H groups in total. The molecule has 0 fully saturated rings. The first-order valence-electron chi connectivity index (χ1n) is 6.85. The molecule has 0 aliphatic carbocycles. The lowest BCUT2D eigenvalue weighted by Gasteiger charge is -2.02. The van der Waals surface area contributed by atoms with Gasteiger partial charge in [0, 0.05) is 12.8 Å². The van der Waals surface area contributed by atoms with Crippen molar-refractivity contribution >= 4 is 23.5 Å². The summed E-state index contributed by atoms with van der Waals surface area (Å²) in [6.07, 6.45) is 4.97. The minimum atomic E-state index is -1.35. The van der Waals surface area contributed by atoms with E-state index in [1.165, 1.54) is 0 Å². The first kappa shape index (κ1) is 17.5. The summed E-state index contributed by atoms with van der Waals surface area (Å²) in [6, 6.07) is 0. The first-order chi connectivity index (χ1) is 9.02. The number of carbonyl (C=O) groups excluding carboxylic acids is 4. The van der Waals surface area contributed by atoms with Crippen molar-refractivity contribution in [1.29, 1.82) is 0 Å². The molecule has 108 valence electrons. The van der Waals surface area contributed by atoms with Crippen LogP contribution in [0.2, 0.25) is 0 Å². The molecule has 0 bridgehead atoms. The van der Waals surface area contributed by atoms with Gasteiger partial charge in [0.15, 0.2) is 0 Å². The highest BCUT2D eigenvalue weighted by Crippen LogP contribution is 2.04. The molecule has 0 aromatic heterocycles. The van der Waals surface area contributed by atoms with Crippen molar-refractivity contribution in [2.24, 2.45) is 0 Å². The number of ketones is 2. The van der Waals surface area contributed by atoms with Crippen LogP contribution in [0.4, 0.5) is 0 Å². The van der Waals surface area contributed by atoms with Crippen LogP contribution in [0.15, 0.2) is 0 Å². The average molecular weight is 270 g/mol. The number of Topliss-reactive ketones (excluding diaryl/α,β-unsaturated/α-hetero) is 2. The van der Waals surface area contributed by atoms with E-state index in [1.54, 1.807) is 0 Å². The summed E-state index contributed by atoms with van der Waals surface area (Å²) in [4.78, 5) is 45.0. The molecule has 5 nitrogen and oxygen atoms in total. The second-order valence-corrected chi connectivity index (χ2v) is 4.43. The lowest BCUT2D eigenvalue weighted by molar-refractivity contribution is -0.165. The van der Waals surface area contributed by atoms with Gasteiger partial charge in [-0.2, -0.15) is 0 Å². The standard InChI is InChI=1S/C14H22O5/c1-3-5-7-8-10-12(16)19-14(18)13(17)11(15)9-6-4-2/h3-10H2,1-2H3. The van der Waals surface area contributed by atoms with Crippen LogP contribution in [0.3, 0.4) is 0 Å². The predicted molar refractivity (Wildman–Crippen MR) is 69.4 cm³/mol. The van der Waals surface area contributed by atoms with Gasteiger partial charge in [0.05, 0.1) is 0 Å². The zero-order chi connectivity index (χ0) is 14.7. The van der Waals surface area contributed by atoms with Crippen molar-refractivity contribution in [2.75, 3.05) is 0 Å². The summed E-state index contributed by atoms with van der Waals surface area (Å²) in [7, 11) is 0. The van der Waals surface area contributed by atoms with Crippen molar-refractivity contribution in [2.45, 2.75) is 65.2 Å². The molecule has 0 saturated heterocycles. The molecule has 0 aliphatic heterocycles. The first-order valence-corrected chi connectivity index (χ1v) is 6.85. The fourth-order valence-corrected chi connectivity index (χ4v) is 1.46. The lowest BCUT2D eigenvalue weighted by Crippen LogP contribution is -2.28. The molecule has 0 radical (unpaired) electrons. The van der Waals surface area contributed by atoms with E-state index in [1.807, 2.05) is 13.8 Å². The van der Waals surface area contributed by atoms with Crippen LogP contribution < -0.4 is 0 Å². The quantitative estimate of drug-likeness (QED) is 0.263. The Morgan fingerprint density at radius 2 is 1.42 bits per heavy atom. The zero-order valence-corrected chi connectivity index (χ0v) is 11.7. The van der Waals surface area contributed by atoms with E-state index in [2.05, 4.69) is 4.74 Å². The van der Waals surface area contributed by atoms with Gasteiger partial charge in [-0.05, 0) is 12.8 Å². The van der Waals surface area contributed by atoms with Crippen LogP contribution in [-0.2, 0) is 23.9 Å². The van der Waals surface area contributed by atoms with Gasteiger partial charge >= 0.3 is 17.7 Å². The van der Waals surface area contributed by atoms with Gasteiger partial charge < -0.3 is 4.74 Å². The van der Waals surface area contributed by atoms with E-state index in [4.69, 9.17) is 0 Å². The van der Waals surface area contributed by atoms with Gasteiger partial charge in [0.1, 0.15) is 0 Å². The largest absolute Gasteiger partial charge is 0.390 e. The van der Waals surface area contributed by atoms with Gasteiger partial charge in [-0.1, -0.05) is 39.5 Å². The summed E-state index contributed by atoms with van der Waals surface area (Å²) in [5.41, 5.74) is 0. The molecule has 5 heteroatoms. The van der Waals surface area contributed by atoms with E-state index in [-0.39, 0.29) is 12.8 Å². The van der Waals surface area contributed by atoms with Crippen molar-refractivity contribution in [1.82, 2.24) is 0 Å². The molecule has 0 rings (SSSR count). The van der Waals surface area contributed by atoms with Gasteiger partial charge in [0.25, 0.3) is 0 Å². The number of unbranched alkanes of at least 4 members (excludes halogenated alkanes) is 4. The number of rotatable bonds is 10. The van der Waals surface area contributed by atoms with Gasteiger partial charge in [0.2, 0.25) is 5.78 Å². The maximum Gasteiger partial charge on any atom is 0.390 e. The number of carbonyl (C=O) groups is 4. The summed E-state index contributed by atoms with van der Waals surface area (Å²) in [5.74, 6) is -4.10. The Bertz CT molecular complexity index is 333. The Kier molecular flexibility index (Phi) is 9.57. The fraction of sp³-hybridized carbons (Fsp3) is 0.714. The van der Waals surface area contributed by atoms with Gasteiger partial charge in [-0.3, -0.25) is 14.4 Å².